The van der Waals surface area contributed by atoms with Crippen LogP contribution >= 0.6 is 15.9 Å². The molecule has 0 aliphatic heterocycles. The Hall–Kier alpha value is -2.46. The van der Waals surface area contributed by atoms with Crippen LogP contribution in [0.5, 0.6) is 5.75 Å². The second-order valence-electron chi connectivity index (χ2n) is 4.72. The molecule has 10 heteroatoms. The lowest BCUT2D eigenvalue weighted by Crippen LogP contribution is -2.18. The SMILES string of the molecule is CCOc1ccc(/C=N/NS(=O)(=O)c2ccc(Br)cc2)cc1[N+](=O)[O-]. The van der Waals surface area contributed by atoms with Crippen molar-refractivity contribution in [3.8, 4) is 5.75 Å². The number of nitro benzene ring substituents is 1. The van der Waals surface area contributed by atoms with Crippen LogP contribution in [0.3, 0.4) is 0 Å². The monoisotopic (exact) mass is 427 g/mol. The van der Waals surface area contributed by atoms with E-state index in [1.807, 2.05) is 0 Å². The van der Waals surface area contributed by atoms with E-state index in [1.54, 1.807) is 19.1 Å². The van der Waals surface area contributed by atoms with Gasteiger partial charge in [-0.25, -0.2) is 4.83 Å². The fourth-order valence-corrected chi connectivity index (χ4v) is 2.93. The second-order valence-corrected chi connectivity index (χ2v) is 7.30. The van der Waals surface area contributed by atoms with Gasteiger partial charge < -0.3 is 4.74 Å². The first kappa shape index (κ1) is 18.9. The number of nitrogens with zero attached hydrogens (tertiary/aromatic N) is 2. The van der Waals surface area contributed by atoms with E-state index in [2.05, 4.69) is 25.9 Å². The molecule has 0 fully saturated rings. The maximum Gasteiger partial charge on any atom is 0.311 e. The van der Waals surface area contributed by atoms with Crippen molar-refractivity contribution < 1.29 is 18.1 Å². The predicted molar refractivity (Wildman–Crippen MR) is 96.3 cm³/mol. The van der Waals surface area contributed by atoms with E-state index in [-0.39, 0.29) is 16.3 Å². The Morgan fingerprint density at radius 3 is 2.56 bits per heavy atom. The van der Waals surface area contributed by atoms with Crippen LogP contribution in [0.25, 0.3) is 0 Å². The molecule has 0 atom stereocenters. The zero-order chi connectivity index (χ0) is 18.4. The molecule has 0 aliphatic rings. The van der Waals surface area contributed by atoms with Gasteiger partial charge in [-0.15, -0.1) is 0 Å². The van der Waals surface area contributed by atoms with Gasteiger partial charge in [-0.2, -0.15) is 13.5 Å². The van der Waals surface area contributed by atoms with Crippen LogP contribution in [0.15, 0.2) is 56.9 Å². The number of nitrogens with one attached hydrogen (secondary N) is 1. The number of hydrogen-bond acceptors (Lipinski definition) is 6. The van der Waals surface area contributed by atoms with Crippen molar-refractivity contribution >= 4 is 37.9 Å². The molecule has 0 saturated carbocycles. The zero-order valence-corrected chi connectivity index (χ0v) is 15.5. The lowest BCUT2D eigenvalue weighted by atomic mass is 10.2. The summed E-state index contributed by atoms with van der Waals surface area (Å²) in [5, 5.41) is 14.7. The maximum atomic E-state index is 12.1. The molecule has 2 aromatic rings. The number of sulfonamides is 1. The van der Waals surface area contributed by atoms with Crippen molar-refractivity contribution in [1.29, 1.82) is 0 Å². The summed E-state index contributed by atoms with van der Waals surface area (Å²) in [6.07, 6.45) is 1.18. The molecule has 2 rings (SSSR count). The average molecular weight is 428 g/mol. The molecule has 0 bridgehead atoms. The molecule has 8 nitrogen and oxygen atoms in total. The van der Waals surface area contributed by atoms with Crippen LogP contribution in [-0.4, -0.2) is 26.2 Å². The molecule has 0 radical (unpaired) electrons. The molecule has 0 spiro atoms. The van der Waals surface area contributed by atoms with Gasteiger partial charge in [0.1, 0.15) is 0 Å². The van der Waals surface area contributed by atoms with Gasteiger partial charge >= 0.3 is 5.69 Å². The normalized spacial score (nSPS) is 11.4. The summed E-state index contributed by atoms with van der Waals surface area (Å²) in [6, 6.07) is 10.2. The molecule has 0 aliphatic carbocycles. The number of nitro groups is 1. The van der Waals surface area contributed by atoms with Gasteiger partial charge in [0.15, 0.2) is 5.75 Å². The number of benzene rings is 2. The van der Waals surface area contributed by atoms with E-state index in [1.165, 1.54) is 36.5 Å². The Balaban J connectivity index is 2.17. The smallest absolute Gasteiger partial charge is 0.311 e. The highest BCUT2D eigenvalue weighted by Gasteiger charge is 2.15. The summed E-state index contributed by atoms with van der Waals surface area (Å²) in [6.45, 7) is 2.01. The Labute approximate surface area is 152 Å². The minimum atomic E-state index is -3.82. The minimum absolute atomic E-state index is 0.0468. The average Bonchev–Trinajstić information content (AvgIpc) is 2.56. The maximum absolute atomic E-state index is 12.1. The van der Waals surface area contributed by atoms with Crippen LogP contribution in [0, 0.1) is 10.1 Å². The van der Waals surface area contributed by atoms with E-state index in [0.717, 1.165) is 4.47 Å². The minimum Gasteiger partial charge on any atom is -0.487 e. The predicted octanol–water partition coefficient (Wildman–Crippen LogP) is 3.07. The Bertz CT molecular complexity index is 898. The van der Waals surface area contributed by atoms with Crippen molar-refractivity contribution in [2.24, 2.45) is 5.10 Å². The van der Waals surface area contributed by atoms with Crippen LogP contribution in [0.2, 0.25) is 0 Å². The van der Waals surface area contributed by atoms with Crippen molar-refractivity contribution in [2.75, 3.05) is 6.61 Å². The highest BCUT2D eigenvalue weighted by atomic mass is 79.9. The van der Waals surface area contributed by atoms with Gasteiger partial charge in [0.05, 0.1) is 22.6 Å². The third-order valence-electron chi connectivity index (χ3n) is 2.99. The molecule has 0 heterocycles. The standard InChI is InChI=1S/C15H14BrN3O5S/c1-2-24-15-8-3-11(9-14(15)19(20)21)10-17-18-25(22,23)13-6-4-12(16)5-7-13/h3-10,18H,2H2,1H3/b17-10+. The van der Waals surface area contributed by atoms with Crippen molar-refractivity contribution in [3.63, 3.8) is 0 Å². The first-order valence-corrected chi connectivity index (χ1v) is 9.33. The lowest BCUT2D eigenvalue weighted by Gasteiger charge is -2.05. The van der Waals surface area contributed by atoms with E-state index < -0.39 is 14.9 Å². The summed E-state index contributed by atoms with van der Waals surface area (Å²) in [5.74, 6) is 0.139. The van der Waals surface area contributed by atoms with Crippen molar-refractivity contribution in [2.45, 2.75) is 11.8 Å². The molecule has 0 saturated heterocycles. The van der Waals surface area contributed by atoms with Gasteiger partial charge in [0, 0.05) is 16.1 Å². The summed E-state index contributed by atoms with van der Waals surface area (Å²) >= 11 is 3.22. The lowest BCUT2D eigenvalue weighted by molar-refractivity contribution is -0.385. The van der Waals surface area contributed by atoms with Gasteiger partial charge in [0.2, 0.25) is 0 Å². The number of ether oxygens (including phenoxy) is 1. The Morgan fingerprint density at radius 2 is 1.96 bits per heavy atom. The highest BCUT2D eigenvalue weighted by molar-refractivity contribution is 9.10. The van der Waals surface area contributed by atoms with Crippen LogP contribution in [0.1, 0.15) is 12.5 Å². The van der Waals surface area contributed by atoms with Crippen LogP contribution in [-0.2, 0) is 10.0 Å². The van der Waals surface area contributed by atoms with Gasteiger partial charge in [-0.1, -0.05) is 15.9 Å². The first-order chi connectivity index (χ1) is 11.8. The summed E-state index contributed by atoms with van der Waals surface area (Å²) in [4.78, 5) is 12.6. The molecule has 132 valence electrons. The Kier molecular flexibility index (Phi) is 6.10. The zero-order valence-electron chi connectivity index (χ0n) is 13.0. The number of hydrazone groups is 1. The van der Waals surface area contributed by atoms with E-state index >= 15 is 0 Å². The molecule has 0 aromatic heterocycles. The third kappa shape index (κ3) is 5.00. The first-order valence-electron chi connectivity index (χ1n) is 7.05. The number of rotatable bonds is 7. The largest absolute Gasteiger partial charge is 0.487 e. The van der Waals surface area contributed by atoms with Crippen LogP contribution in [0.4, 0.5) is 5.69 Å². The van der Waals surface area contributed by atoms with Gasteiger partial charge in [-0.05, 0) is 43.3 Å². The highest BCUT2D eigenvalue weighted by Crippen LogP contribution is 2.27. The summed E-state index contributed by atoms with van der Waals surface area (Å²) < 4.78 is 30.1. The Morgan fingerprint density at radius 1 is 1.28 bits per heavy atom. The topological polar surface area (TPSA) is 111 Å². The number of halogens is 1. The fraction of sp³-hybridized carbons (Fsp3) is 0.133. The second kappa shape index (κ2) is 8.08. The molecule has 2 aromatic carbocycles. The molecule has 1 N–H and O–H groups in total. The van der Waals surface area contributed by atoms with Crippen molar-refractivity contribution in [1.82, 2.24) is 4.83 Å². The molecule has 0 unspecified atom stereocenters. The van der Waals surface area contributed by atoms with Crippen molar-refractivity contribution in [3.05, 3.63) is 62.6 Å². The molecular weight excluding hydrogens is 414 g/mol. The quantitative estimate of drug-likeness (QED) is 0.414. The third-order valence-corrected chi connectivity index (χ3v) is 4.76. The van der Waals surface area contributed by atoms with E-state index in [9.17, 15) is 18.5 Å². The summed E-state index contributed by atoms with van der Waals surface area (Å²) in [7, 11) is -3.82. The fourth-order valence-electron chi connectivity index (χ4n) is 1.87. The van der Waals surface area contributed by atoms with Gasteiger partial charge in [0.25, 0.3) is 10.0 Å². The van der Waals surface area contributed by atoms with E-state index in [4.69, 9.17) is 4.74 Å². The molecule has 0 amide bonds. The number of hydrogen-bond donors (Lipinski definition) is 1. The summed E-state index contributed by atoms with van der Waals surface area (Å²) in [5.41, 5.74) is 0.134. The molecule has 25 heavy (non-hydrogen) atoms. The van der Waals surface area contributed by atoms with E-state index in [0.29, 0.717) is 12.2 Å². The van der Waals surface area contributed by atoms with Gasteiger partial charge in [-0.3, -0.25) is 10.1 Å². The molecular formula is C15H14BrN3O5S. The van der Waals surface area contributed by atoms with Crippen LogP contribution < -0.4 is 9.57 Å².